The van der Waals surface area contributed by atoms with E-state index in [2.05, 4.69) is 47.4 Å². The third-order valence-electron chi connectivity index (χ3n) is 4.22. The molecular weight excluding hydrogens is 294 g/mol. The van der Waals surface area contributed by atoms with Crippen LogP contribution in [-0.2, 0) is 0 Å². The van der Waals surface area contributed by atoms with Gasteiger partial charge in [-0.2, -0.15) is 5.10 Å². The van der Waals surface area contributed by atoms with Gasteiger partial charge in [0.05, 0.1) is 22.7 Å². The Kier molecular flexibility index (Phi) is 3.39. The van der Waals surface area contributed by atoms with Crippen LogP contribution in [0.2, 0.25) is 0 Å². The first kappa shape index (κ1) is 13.8. The molecule has 1 aliphatic rings. The number of fused-ring (bicyclic) bond motifs is 1. The van der Waals surface area contributed by atoms with Crippen LogP contribution < -0.4 is 10.1 Å². The highest BCUT2D eigenvalue weighted by molar-refractivity contribution is 7.22. The fourth-order valence-electron chi connectivity index (χ4n) is 3.08. The molecular formula is C17H19N3OS. The van der Waals surface area contributed by atoms with Gasteiger partial charge in [0.25, 0.3) is 0 Å². The molecule has 1 aliphatic heterocycles. The van der Waals surface area contributed by atoms with Crippen LogP contribution >= 0.6 is 11.3 Å². The van der Waals surface area contributed by atoms with Crippen LogP contribution in [0.3, 0.4) is 0 Å². The van der Waals surface area contributed by atoms with Crippen LogP contribution in [-0.4, -0.2) is 30.0 Å². The van der Waals surface area contributed by atoms with Crippen molar-refractivity contribution in [1.82, 2.24) is 15.1 Å². The molecule has 0 aliphatic carbocycles. The van der Waals surface area contributed by atoms with Crippen molar-refractivity contribution in [3.8, 4) is 16.3 Å². The summed E-state index contributed by atoms with van der Waals surface area (Å²) in [7, 11) is 1.73. The standard InChI is InChI=1S/C17H19N3OS/c1-11-7-12-9-16(22-17(12)15(8-11)21-2)14-4-6-20(19-14)13-3-5-18-10-13/h4,6-9,13,18H,3,5,10H2,1-2H3. The van der Waals surface area contributed by atoms with Gasteiger partial charge in [0.15, 0.2) is 0 Å². The van der Waals surface area contributed by atoms with Gasteiger partial charge in [-0.3, -0.25) is 4.68 Å². The van der Waals surface area contributed by atoms with Crippen molar-refractivity contribution in [3.05, 3.63) is 36.0 Å². The molecule has 3 aromatic rings. The maximum absolute atomic E-state index is 5.52. The number of hydrogen-bond acceptors (Lipinski definition) is 4. The summed E-state index contributed by atoms with van der Waals surface area (Å²) >= 11 is 1.75. The lowest BCUT2D eigenvalue weighted by atomic mass is 10.1. The lowest BCUT2D eigenvalue weighted by Crippen LogP contribution is -2.13. The van der Waals surface area contributed by atoms with Gasteiger partial charge in [-0.05, 0) is 49.0 Å². The van der Waals surface area contributed by atoms with E-state index in [1.807, 2.05) is 0 Å². The normalized spacial score (nSPS) is 18.2. The fraction of sp³-hybridized carbons (Fsp3) is 0.353. The Labute approximate surface area is 133 Å². The molecule has 3 heterocycles. The molecule has 0 bridgehead atoms. The van der Waals surface area contributed by atoms with E-state index in [9.17, 15) is 0 Å². The Bertz CT molecular complexity index is 815. The number of nitrogens with zero attached hydrogens (tertiary/aromatic N) is 2. The third kappa shape index (κ3) is 2.30. The number of hydrogen-bond donors (Lipinski definition) is 1. The highest BCUT2D eigenvalue weighted by Crippen LogP contribution is 2.39. The molecule has 5 heteroatoms. The summed E-state index contributed by atoms with van der Waals surface area (Å²) in [5.74, 6) is 0.950. The van der Waals surface area contributed by atoms with Gasteiger partial charge < -0.3 is 10.1 Å². The number of ether oxygens (including phenoxy) is 1. The van der Waals surface area contributed by atoms with E-state index in [1.54, 1.807) is 18.4 Å². The molecule has 1 N–H and O–H groups in total. The SMILES string of the molecule is COc1cc(C)cc2cc(-c3ccn(C4CCNC4)n3)sc12. The monoisotopic (exact) mass is 313 g/mol. The Morgan fingerprint density at radius 2 is 2.27 bits per heavy atom. The van der Waals surface area contributed by atoms with Crippen molar-refractivity contribution in [2.75, 3.05) is 20.2 Å². The first-order chi connectivity index (χ1) is 10.7. The minimum atomic E-state index is 0.486. The number of aryl methyl sites for hydroxylation is 1. The van der Waals surface area contributed by atoms with E-state index in [0.717, 1.165) is 31.0 Å². The first-order valence-electron chi connectivity index (χ1n) is 7.59. The zero-order valence-electron chi connectivity index (χ0n) is 12.8. The second-order valence-electron chi connectivity index (χ2n) is 5.82. The smallest absolute Gasteiger partial charge is 0.136 e. The summed E-state index contributed by atoms with van der Waals surface area (Å²) in [5.41, 5.74) is 2.27. The summed E-state index contributed by atoms with van der Waals surface area (Å²) in [6.45, 7) is 4.20. The van der Waals surface area contributed by atoms with Crippen LogP contribution in [0, 0.1) is 6.92 Å². The molecule has 4 nitrogen and oxygen atoms in total. The van der Waals surface area contributed by atoms with Crippen LogP contribution in [0.5, 0.6) is 5.75 Å². The van der Waals surface area contributed by atoms with E-state index >= 15 is 0 Å². The summed E-state index contributed by atoms with van der Waals surface area (Å²) in [5, 5.41) is 9.40. The molecule has 0 amide bonds. The Morgan fingerprint density at radius 1 is 1.36 bits per heavy atom. The predicted molar refractivity (Wildman–Crippen MR) is 90.9 cm³/mol. The van der Waals surface area contributed by atoms with Gasteiger partial charge in [0, 0.05) is 12.7 Å². The van der Waals surface area contributed by atoms with Crippen molar-refractivity contribution in [2.24, 2.45) is 0 Å². The molecule has 2 aromatic heterocycles. The van der Waals surface area contributed by atoms with Crippen LogP contribution in [0.4, 0.5) is 0 Å². The summed E-state index contributed by atoms with van der Waals surface area (Å²) < 4.78 is 8.81. The second-order valence-corrected chi connectivity index (χ2v) is 6.88. The average Bonchev–Trinajstić information content (AvgIpc) is 3.23. The molecule has 114 valence electrons. The topological polar surface area (TPSA) is 39.1 Å². The lowest BCUT2D eigenvalue weighted by Gasteiger charge is -2.07. The number of aromatic nitrogens is 2. The Morgan fingerprint density at radius 3 is 3.05 bits per heavy atom. The lowest BCUT2D eigenvalue weighted by molar-refractivity contribution is 0.420. The molecule has 1 saturated heterocycles. The van der Waals surface area contributed by atoms with Gasteiger partial charge in [-0.1, -0.05) is 6.07 Å². The number of benzene rings is 1. The zero-order chi connectivity index (χ0) is 15.1. The molecule has 4 rings (SSSR count). The predicted octanol–water partition coefficient (Wildman–Crippen LogP) is 3.62. The largest absolute Gasteiger partial charge is 0.495 e. The van der Waals surface area contributed by atoms with E-state index in [1.165, 1.54) is 20.5 Å². The summed E-state index contributed by atoms with van der Waals surface area (Å²) in [4.78, 5) is 1.20. The Balaban J connectivity index is 1.74. The average molecular weight is 313 g/mol. The van der Waals surface area contributed by atoms with Crippen molar-refractivity contribution in [3.63, 3.8) is 0 Å². The summed E-state index contributed by atoms with van der Waals surface area (Å²) in [6.07, 6.45) is 3.25. The number of nitrogens with one attached hydrogen (secondary N) is 1. The summed E-state index contributed by atoms with van der Waals surface area (Å²) in [6, 6.07) is 9.11. The highest BCUT2D eigenvalue weighted by Gasteiger charge is 2.18. The van der Waals surface area contributed by atoms with Gasteiger partial charge in [-0.15, -0.1) is 11.3 Å². The fourth-order valence-corrected chi connectivity index (χ4v) is 4.18. The van der Waals surface area contributed by atoms with E-state index in [0.29, 0.717) is 6.04 Å². The zero-order valence-corrected chi connectivity index (χ0v) is 13.6. The molecule has 1 aromatic carbocycles. The van der Waals surface area contributed by atoms with Gasteiger partial charge in [0.1, 0.15) is 11.4 Å². The molecule has 0 saturated carbocycles. The number of thiophene rings is 1. The number of methoxy groups -OCH3 is 1. The molecule has 22 heavy (non-hydrogen) atoms. The molecule has 0 spiro atoms. The van der Waals surface area contributed by atoms with Crippen LogP contribution in [0.15, 0.2) is 30.5 Å². The van der Waals surface area contributed by atoms with E-state index < -0.39 is 0 Å². The first-order valence-corrected chi connectivity index (χ1v) is 8.40. The van der Waals surface area contributed by atoms with Crippen molar-refractivity contribution in [1.29, 1.82) is 0 Å². The molecule has 1 fully saturated rings. The molecule has 0 radical (unpaired) electrons. The molecule has 1 atom stereocenters. The minimum absolute atomic E-state index is 0.486. The van der Waals surface area contributed by atoms with Gasteiger partial charge in [0.2, 0.25) is 0 Å². The maximum atomic E-state index is 5.52. The van der Waals surface area contributed by atoms with Gasteiger partial charge >= 0.3 is 0 Å². The maximum Gasteiger partial charge on any atom is 0.136 e. The van der Waals surface area contributed by atoms with Crippen molar-refractivity contribution >= 4 is 21.4 Å². The van der Waals surface area contributed by atoms with Crippen molar-refractivity contribution in [2.45, 2.75) is 19.4 Å². The highest BCUT2D eigenvalue weighted by atomic mass is 32.1. The third-order valence-corrected chi connectivity index (χ3v) is 5.40. The minimum Gasteiger partial charge on any atom is -0.495 e. The Hall–Kier alpha value is -1.85. The van der Waals surface area contributed by atoms with E-state index in [-0.39, 0.29) is 0 Å². The van der Waals surface area contributed by atoms with E-state index in [4.69, 9.17) is 9.84 Å². The quantitative estimate of drug-likeness (QED) is 0.803. The molecule has 1 unspecified atom stereocenters. The van der Waals surface area contributed by atoms with Gasteiger partial charge in [-0.25, -0.2) is 0 Å². The van der Waals surface area contributed by atoms with Crippen LogP contribution in [0.25, 0.3) is 20.7 Å². The van der Waals surface area contributed by atoms with Crippen LogP contribution in [0.1, 0.15) is 18.0 Å². The second kappa shape index (κ2) is 5.41. The van der Waals surface area contributed by atoms with Crippen molar-refractivity contribution < 1.29 is 4.74 Å². The number of rotatable bonds is 3.